The molecule has 1 rings (SSSR count). The fourth-order valence-electron chi connectivity index (χ4n) is 1.54. The van der Waals surface area contributed by atoms with Crippen LogP contribution in [0.25, 0.3) is 0 Å². The molecule has 0 unspecified atom stereocenters. The van der Waals surface area contributed by atoms with Gasteiger partial charge >= 0.3 is 6.18 Å². The number of ether oxygens (including phenoxy) is 2. The quantitative estimate of drug-likeness (QED) is 0.648. The summed E-state index contributed by atoms with van der Waals surface area (Å²) in [5.41, 5.74) is 1.70. The maximum absolute atomic E-state index is 11.8. The number of hydrogen-bond acceptors (Lipinski definition) is 3. The Hall–Kier alpha value is -1.71. The fourth-order valence-corrected chi connectivity index (χ4v) is 1.54. The molecule has 1 N–H and O–H groups in total. The fraction of sp³-hybridized carbons (Fsp3) is 0.467. The second kappa shape index (κ2) is 8.55. The van der Waals surface area contributed by atoms with Gasteiger partial charge in [-0.25, -0.2) is 0 Å². The van der Waals surface area contributed by atoms with E-state index in [1.54, 1.807) is 18.2 Å². The number of benzene rings is 1. The van der Waals surface area contributed by atoms with E-state index in [0.29, 0.717) is 12.2 Å². The van der Waals surface area contributed by atoms with Crippen molar-refractivity contribution in [2.45, 2.75) is 19.5 Å². The van der Waals surface area contributed by atoms with Crippen LogP contribution < -0.4 is 4.74 Å². The molecule has 0 saturated heterocycles. The number of halogens is 3. The number of aryl methyl sites for hydroxylation is 1. The standard InChI is InChI=1S/C15H17F3O3/c1-12-10-14(6-5-13(12)4-2-7-19)21-9-3-8-20-11-15(16,17)18/h5-6,10,19H,3,7-9,11H2,1H3. The van der Waals surface area contributed by atoms with Crippen molar-refractivity contribution in [3.05, 3.63) is 29.3 Å². The van der Waals surface area contributed by atoms with Crippen molar-refractivity contribution in [2.75, 3.05) is 26.4 Å². The van der Waals surface area contributed by atoms with Gasteiger partial charge in [0.2, 0.25) is 0 Å². The van der Waals surface area contributed by atoms with Crippen LogP contribution >= 0.6 is 0 Å². The van der Waals surface area contributed by atoms with E-state index in [2.05, 4.69) is 16.6 Å². The minimum Gasteiger partial charge on any atom is -0.493 e. The molecule has 3 nitrogen and oxygen atoms in total. The third-order valence-corrected chi connectivity index (χ3v) is 2.47. The first-order chi connectivity index (χ1) is 9.92. The van der Waals surface area contributed by atoms with Crippen molar-refractivity contribution in [3.63, 3.8) is 0 Å². The third-order valence-electron chi connectivity index (χ3n) is 2.47. The minimum absolute atomic E-state index is 0.00144. The van der Waals surface area contributed by atoms with E-state index in [1.165, 1.54) is 0 Å². The van der Waals surface area contributed by atoms with E-state index in [-0.39, 0.29) is 19.8 Å². The molecule has 21 heavy (non-hydrogen) atoms. The molecule has 0 radical (unpaired) electrons. The molecule has 0 atom stereocenters. The molecule has 1 aromatic carbocycles. The molecule has 0 aromatic heterocycles. The van der Waals surface area contributed by atoms with Gasteiger partial charge in [-0.3, -0.25) is 0 Å². The van der Waals surface area contributed by atoms with Gasteiger partial charge in [0.15, 0.2) is 0 Å². The predicted molar refractivity (Wildman–Crippen MR) is 72.1 cm³/mol. The molecular weight excluding hydrogens is 285 g/mol. The van der Waals surface area contributed by atoms with Gasteiger partial charge in [0.25, 0.3) is 0 Å². The first-order valence-electron chi connectivity index (χ1n) is 6.40. The topological polar surface area (TPSA) is 38.7 Å². The summed E-state index contributed by atoms with van der Waals surface area (Å²) >= 11 is 0. The van der Waals surface area contributed by atoms with Crippen LogP contribution in [0.2, 0.25) is 0 Å². The van der Waals surface area contributed by atoms with Crippen LogP contribution in [0.1, 0.15) is 17.5 Å². The molecule has 0 saturated carbocycles. The zero-order valence-electron chi connectivity index (χ0n) is 11.7. The Morgan fingerprint density at radius 2 is 2.00 bits per heavy atom. The van der Waals surface area contributed by atoms with Crippen LogP contribution in [-0.2, 0) is 4.74 Å². The van der Waals surface area contributed by atoms with Crippen molar-refractivity contribution in [2.24, 2.45) is 0 Å². The van der Waals surface area contributed by atoms with Gasteiger partial charge in [-0.2, -0.15) is 13.2 Å². The van der Waals surface area contributed by atoms with Crippen LogP contribution in [0.4, 0.5) is 13.2 Å². The molecule has 0 fully saturated rings. The Bertz CT molecular complexity index is 501. The highest BCUT2D eigenvalue weighted by Gasteiger charge is 2.27. The van der Waals surface area contributed by atoms with Gasteiger partial charge in [-0.05, 0) is 30.7 Å². The second-order valence-corrected chi connectivity index (χ2v) is 4.31. The molecule has 0 aliphatic rings. The molecule has 6 heteroatoms. The number of hydrogen-bond donors (Lipinski definition) is 1. The van der Waals surface area contributed by atoms with Crippen molar-refractivity contribution >= 4 is 0 Å². The zero-order chi connectivity index (χ0) is 15.7. The van der Waals surface area contributed by atoms with Gasteiger partial charge in [-0.15, -0.1) is 0 Å². The molecule has 0 aliphatic heterocycles. The van der Waals surface area contributed by atoms with Gasteiger partial charge < -0.3 is 14.6 Å². The van der Waals surface area contributed by atoms with Crippen LogP contribution in [0.3, 0.4) is 0 Å². The first kappa shape index (κ1) is 17.3. The number of aliphatic hydroxyl groups is 1. The maximum atomic E-state index is 11.8. The number of aliphatic hydroxyl groups excluding tert-OH is 1. The highest BCUT2D eigenvalue weighted by Crippen LogP contribution is 2.17. The SMILES string of the molecule is Cc1cc(OCCCOCC(F)(F)F)ccc1C#CCO. The summed E-state index contributed by atoms with van der Waals surface area (Å²) < 4.78 is 45.3. The van der Waals surface area contributed by atoms with Crippen molar-refractivity contribution in [1.29, 1.82) is 0 Å². The molecule has 0 aliphatic carbocycles. The first-order valence-corrected chi connectivity index (χ1v) is 6.40. The highest BCUT2D eigenvalue weighted by atomic mass is 19.4. The summed E-state index contributed by atoms with van der Waals surface area (Å²) in [6.45, 7) is 0.707. The van der Waals surface area contributed by atoms with Crippen LogP contribution in [0.5, 0.6) is 5.75 Å². The summed E-state index contributed by atoms with van der Waals surface area (Å²) in [6, 6.07) is 5.29. The van der Waals surface area contributed by atoms with Gasteiger partial charge in [0.1, 0.15) is 19.0 Å². The predicted octanol–water partition coefficient (Wildman–Crippen LogP) is 2.69. The van der Waals surface area contributed by atoms with Crippen LogP contribution in [0.15, 0.2) is 18.2 Å². The van der Waals surface area contributed by atoms with Crippen molar-refractivity contribution in [1.82, 2.24) is 0 Å². The van der Waals surface area contributed by atoms with E-state index < -0.39 is 12.8 Å². The third kappa shape index (κ3) is 7.59. The molecule has 0 heterocycles. The summed E-state index contributed by atoms with van der Waals surface area (Å²) in [7, 11) is 0. The lowest BCUT2D eigenvalue weighted by molar-refractivity contribution is -0.174. The van der Waals surface area contributed by atoms with Crippen LogP contribution in [-0.4, -0.2) is 37.7 Å². The Kier molecular flexibility index (Phi) is 7.06. The summed E-state index contributed by atoms with van der Waals surface area (Å²) in [4.78, 5) is 0. The highest BCUT2D eigenvalue weighted by molar-refractivity contribution is 5.44. The molecule has 1 aromatic rings. The maximum Gasteiger partial charge on any atom is 0.411 e. The van der Waals surface area contributed by atoms with E-state index in [1.807, 2.05) is 6.92 Å². The van der Waals surface area contributed by atoms with Crippen molar-refractivity contribution in [3.8, 4) is 17.6 Å². The molecular formula is C15H17F3O3. The zero-order valence-corrected chi connectivity index (χ0v) is 11.7. The van der Waals surface area contributed by atoms with Crippen molar-refractivity contribution < 1.29 is 27.8 Å². The minimum atomic E-state index is -4.29. The normalized spacial score (nSPS) is 10.9. The van der Waals surface area contributed by atoms with Crippen LogP contribution in [0, 0.1) is 18.8 Å². The summed E-state index contributed by atoms with van der Waals surface area (Å²) in [6.07, 6.45) is -3.91. The number of alkyl halides is 3. The van der Waals surface area contributed by atoms with Gasteiger partial charge in [0.05, 0.1) is 13.2 Å². The van der Waals surface area contributed by atoms with E-state index >= 15 is 0 Å². The Labute approximate surface area is 121 Å². The van der Waals surface area contributed by atoms with Gasteiger partial charge in [0, 0.05) is 12.0 Å². The smallest absolute Gasteiger partial charge is 0.411 e. The number of rotatable bonds is 6. The lowest BCUT2D eigenvalue weighted by atomic mass is 10.1. The second-order valence-electron chi connectivity index (χ2n) is 4.31. The lowest BCUT2D eigenvalue weighted by Crippen LogP contribution is -2.18. The van der Waals surface area contributed by atoms with E-state index in [4.69, 9.17) is 9.84 Å². The monoisotopic (exact) mass is 302 g/mol. The van der Waals surface area contributed by atoms with E-state index in [9.17, 15) is 13.2 Å². The lowest BCUT2D eigenvalue weighted by Gasteiger charge is -2.09. The Balaban J connectivity index is 2.31. The van der Waals surface area contributed by atoms with E-state index in [0.717, 1.165) is 11.1 Å². The molecule has 0 spiro atoms. The average Bonchev–Trinajstić information content (AvgIpc) is 2.40. The Morgan fingerprint density at radius 1 is 1.24 bits per heavy atom. The molecule has 0 amide bonds. The molecule has 0 bridgehead atoms. The average molecular weight is 302 g/mol. The van der Waals surface area contributed by atoms with Gasteiger partial charge in [-0.1, -0.05) is 11.8 Å². The Morgan fingerprint density at radius 3 is 2.62 bits per heavy atom. The molecule has 116 valence electrons. The summed E-state index contributed by atoms with van der Waals surface area (Å²) in [5, 5.41) is 8.63. The largest absolute Gasteiger partial charge is 0.493 e. The summed E-state index contributed by atoms with van der Waals surface area (Å²) in [5.74, 6) is 5.99.